The fraction of sp³-hybridized carbons (Fsp3) is 0.636. The summed E-state index contributed by atoms with van der Waals surface area (Å²) in [6.07, 6.45) is 0.967. The number of likely N-dealkylation sites (N-methyl/N-ethyl adjacent to an activating group) is 1. The van der Waals surface area contributed by atoms with Crippen LogP contribution in [0, 0.1) is 5.82 Å². The van der Waals surface area contributed by atoms with Gasteiger partial charge in [0.15, 0.2) is 0 Å². The zero-order valence-corrected chi connectivity index (χ0v) is 10.6. The Morgan fingerprint density at radius 1 is 1.33 bits per heavy atom. The third kappa shape index (κ3) is 3.19. The van der Waals surface area contributed by atoms with Crippen LogP contribution in [-0.2, 0) is 6.54 Å². The van der Waals surface area contributed by atoms with Crippen LogP contribution in [-0.4, -0.2) is 39.2 Å². The van der Waals surface area contributed by atoms with E-state index in [9.17, 15) is 19.1 Å². The maximum absolute atomic E-state index is 13.2. The Bertz CT molecular complexity index is 509. The van der Waals surface area contributed by atoms with Gasteiger partial charge in [0, 0.05) is 13.1 Å². The number of halogens is 1. The Hall–Kier alpha value is -1.63. The third-order valence-corrected chi connectivity index (χ3v) is 2.74. The van der Waals surface area contributed by atoms with Gasteiger partial charge in [0.25, 0.3) is 5.56 Å². The number of aromatic amines is 1. The van der Waals surface area contributed by atoms with E-state index in [1.165, 1.54) is 0 Å². The number of rotatable bonds is 6. The maximum Gasteiger partial charge on any atom is 0.331 e. The molecule has 0 spiro atoms. The molecule has 1 aromatic heterocycles. The molecule has 1 rings (SSSR count). The number of nitrogens with one attached hydrogen (secondary N) is 1. The summed E-state index contributed by atoms with van der Waals surface area (Å²) in [5.74, 6) is -2.23. The standard InChI is InChI=1S/C11H18FN3O3/c1-3-5-14(4-2)6-7-15-10(17)8(12)9(16)13-11(15)18/h17H,3-7H2,1-2H3,(H,13,16,18). The van der Waals surface area contributed by atoms with Crippen molar-refractivity contribution < 1.29 is 9.50 Å². The van der Waals surface area contributed by atoms with Gasteiger partial charge in [-0.1, -0.05) is 13.8 Å². The Labute approximate surface area is 104 Å². The van der Waals surface area contributed by atoms with Crippen LogP contribution in [0.4, 0.5) is 4.39 Å². The summed E-state index contributed by atoms with van der Waals surface area (Å²) in [6.45, 7) is 6.31. The predicted molar refractivity (Wildman–Crippen MR) is 65.4 cm³/mol. The van der Waals surface area contributed by atoms with Crippen molar-refractivity contribution in [1.82, 2.24) is 14.5 Å². The molecule has 7 heteroatoms. The Morgan fingerprint density at radius 3 is 2.56 bits per heavy atom. The zero-order valence-electron chi connectivity index (χ0n) is 10.6. The lowest BCUT2D eigenvalue weighted by Crippen LogP contribution is -2.36. The van der Waals surface area contributed by atoms with E-state index in [4.69, 9.17) is 0 Å². The first kappa shape index (κ1) is 14.4. The lowest BCUT2D eigenvalue weighted by Gasteiger charge is -2.20. The topological polar surface area (TPSA) is 78.3 Å². The minimum atomic E-state index is -1.33. The smallest absolute Gasteiger partial charge is 0.331 e. The molecule has 0 fully saturated rings. The van der Waals surface area contributed by atoms with Gasteiger partial charge in [-0.3, -0.25) is 14.3 Å². The van der Waals surface area contributed by atoms with E-state index in [1.54, 1.807) is 0 Å². The monoisotopic (exact) mass is 259 g/mol. The first-order valence-electron chi connectivity index (χ1n) is 5.95. The molecule has 0 aromatic carbocycles. The maximum atomic E-state index is 13.2. The predicted octanol–water partition coefficient (Wildman–Crippen LogP) is 0.113. The average molecular weight is 259 g/mol. The van der Waals surface area contributed by atoms with E-state index in [-0.39, 0.29) is 6.54 Å². The number of aromatic hydroxyl groups is 1. The Morgan fingerprint density at radius 2 is 2.00 bits per heavy atom. The molecule has 0 unspecified atom stereocenters. The molecule has 0 aliphatic rings. The number of aromatic nitrogens is 2. The van der Waals surface area contributed by atoms with Gasteiger partial charge in [-0.2, -0.15) is 4.39 Å². The summed E-state index contributed by atoms with van der Waals surface area (Å²) < 4.78 is 14.0. The van der Waals surface area contributed by atoms with Gasteiger partial charge in [-0.15, -0.1) is 0 Å². The molecular formula is C11H18FN3O3. The molecule has 18 heavy (non-hydrogen) atoms. The van der Waals surface area contributed by atoms with Crippen LogP contribution in [0.2, 0.25) is 0 Å². The molecule has 0 saturated heterocycles. The molecule has 0 amide bonds. The molecule has 0 aliphatic heterocycles. The quantitative estimate of drug-likeness (QED) is 0.760. The zero-order chi connectivity index (χ0) is 13.7. The summed E-state index contributed by atoms with van der Waals surface area (Å²) in [5.41, 5.74) is -2.00. The van der Waals surface area contributed by atoms with Crippen molar-refractivity contribution in [2.75, 3.05) is 19.6 Å². The second-order valence-electron chi connectivity index (χ2n) is 3.98. The number of hydrogen-bond acceptors (Lipinski definition) is 4. The van der Waals surface area contributed by atoms with Crippen molar-refractivity contribution >= 4 is 0 Å². The summed E-state index contributed by atoms with van der Waals surface area (Å²) in [4.78, 5) is 26.2. The van der Waals surface area contributed by atoms with Crippen LogP contribution in [0.15, 0.2) is 9.59 Å². The van der Waals surface area contributed by atoms with Crippen LogP contribution < -0.4 is 11.2 Å². The largest absolute Gasteiger partial charge is 0.492 e. The van der Waals surface area contributed by atoms with Crippen LogP contribution in [0.25, 0.3) is 0 Å². The summed E-state index contributed by atoms with van der Waals surface area (Å²) in [7, 11) is 0. The molecule has 0 aliphatic carbocycles. The summed E-state index contributed by atoms with van der Waals surface area (Å²) in [6, 6.07) is 0. The second-order valence-corrected chi connectivity index (χ2v) is 3.98. The fourth-order valence-corrected chi connectivity index (χ4v) is 1.73. The van der Waals surface area contributed by atoms with E-state index in [0.717, 1.165) is 24.1 Å². The van der Waals surface area contributed by atoms with Crippen molar-refractivity contribution in [1.29, 1.82) is 0 Å². The van der Waals surface area contributed by atoms with Gasteiger partial charge in [-0.25, -0.2) is 4.79 Å². The molecule has 1 aromatic rings. The molecule has 1 heterocycles. The van der Waals surface area contributed by atoms with Crippen molar-refractivity contribution in [3.63, 3.8) is 0 Å². The number of nitrogens with zero attached hydrogens (tertiary/aromatic N) is 2. The van der Waals surface area contributed by atoms with Crippen LogP contribution in [0.3, 0.4) is 0 Å². The molecule has 0 bridgehead atoms. The van der Waals surface area contributed by atoms with E-state index in [0.29, 0.717) is 6.54 Å². The summed E-state index contributed by atoms with van der Waals surface area (Å²) >= 11 is 0. The van der Waals surface area contributed by atoms with E-state index < -0.39 is 22.9 Å². The highest BCUT2D eigenvalue weighted by molar-refractivity contribution is 5.09. The molecule has 6 nitrogen and oxygen atoms in total. The lowest BCUT2D eigenvalue weighted by atomic mass is 10.4. The fourth-order valence-electron chi connectivity index (χ4n) is 1.73. The van der Waals surface area contributed by atoms with Gasteiger partial charge in [0.05, 0.1) is 0 Å². The summed E-state index contributed by atoms with van der Waals surface area (Å²) in [5, 5.41) is 9.42. The number of H-pyrrole nitrogens is 1. The minimum absolute atomic E-state index is 0.131. The van der Waals surface area contributed by atoms with Gasteiger partial charge in [0.1, 0.15) is 0 Å². The van der Waals surface area contributed by atoms with E-state index in [2.05, 4.69) is 4.90 Å². The van der Waals surface area contributed by atoms with Crippen molar-refractivity contribution in [3.8, 4) is 5.88 Å². The SMILES string of the molecule is CCCN(CC)CCn1c(O)c(F)c(=O)[nH]c1=O. The van der Waals surface area contributed by atoms with Crippen LogP contribution in [0.1, 0.15) is 20.3 Å². The average Bonchev–Trinajstić information content (AvgIpc) is 2.34. The first-order valence-corrected chi connectivity index (χ1v) is 5.95. The van der Waals surface area contributed by atoms with Crippen molar-refractivity contribution in [2.45, 2.75) is 26.8 Å². The van der Waals surface area contributed by atoms with Gasteiger partial charge in [0.2, 0.25) is 11.7 Å². The third-order valence-electron chi connectivity index (χ3n) is 2.74. The highest BCUT2D eigenvalue weighted by Gasteiger charge is 2.14. The van der Waals surface area contributed by atoms with Gasteiger partial charge in [-0.05, 0) is 19.5 Å². The molecule has 102 valence electrons. The highest BCUT2D eigenvalue weighted by Crippen LogP contribution is 2.07. The second kappa shape index (κ2) is 6.34. The van der Waals surface area contributed by atoms with Crippen molar-refractivity contribution in [2.24, 2.45) is 0 Å². The van der Waals surface area contributed by atoms with Crippen LogP contribution in [0.5, 0.6) is 5.88 Å². The van der Waals surface area contributed by atoms with Gasteiger partial charge < -0.3 is 10.0 Å². The highest BCUT2D eigenvalue weighted by atomic mass is 19.1. The molecule has 0 radical (unpaired) electrons. The molecule has 0 saturated carbocycles. The van der Waals surface area contributed by atoms with Gasteiger partial charge >= 0.3 is 5.69 Å². The lowest BCUT2D eigenvalue weighted by molar-refractivity contribution is 0.263. The van der Waals surface area contributed by atoms with E-state index in [1.807, 2.05) is 18.8 Å². The Kier molecular flexibility index (Phi) is 5.08. The van der Waals surface area contributed by atoms with Crippen LogP contribution >= 0.6 is 0 Å². The Balaban J connectivity index is 2.89. The van der Waals surface area contributed by atoms with Crippen molar-refractivity contribution in [3.05, 3.63) is 26.7 Å². The molecule has 2 N–H and O–H groups in total. The first-order chi connectivity index (χ1) is 8.51. The minimum Gasteiger partial charge on any atom is -0.492 e. The number of hydrogen-bond donors (Lipinski definition) is 2. The molecular weight excluding hydrogens is 241 g/mol. The van der Waals surface area contributed by atoms with E-state index >= 15 is 0 Å². The molecule has 0 atom stereocenters. The normalized spacial score (nSPS) is 11.1.